The van der Waals surface area contributed by atoms with Crippen molar-refractivity contribution in [2.24, 2.45) is 0 Å². The third-order valence-electron chi connectivity index (χ3n) is 1.67. The van der Waals surface area contributed by atoms with Crippen molar-refractivity contribution in [2.45, 2.75) is 13.0 Å². The molecule has 1 rings (SSSR count). The number of rotatable bonds is 3. The predicted molar refractivity (Wildman–Crippen MR) is 56.5 cm³/mol. The number of hydrogen-bond acceptors (Lipinski definition) is 3. The molecule has 0 aliphatic carbocycles. The number of carbonyl (C=O) groups is 2. The molecule has 0 aliphatic heterocycles. The van der Waals surface area contributed by atoms with Gasteiger partial charge in [-0.15, -0.1) is 0 Å². The number of aromatic nitrogens is 1. The van der Waals surface area contributed by atoms with E-state index in [2.05, 4.69) is 26.2 Å². The summed E-state index contributed by atoms with van der Waals surface area (Å²) in [4.78, 5) is 25.8. The zero-order chi connectivity index (χ0) is 11.4. The lowest BCUT2D eigenvalue weighted by Gasteiger charge is -2.08. The van der Waals surface area contributed by atoms with E-state index in [-0.39, 0.29) is 5.69 Å². The second kappa shape index (κ2) is 4.88. The van der Waals surface area contributed by atoms with Crippen molar-refractivity contribution in [3.63, 3.8) is 0 Å². The number of carboxylic acid groups (broad SMARTS) is 1. The maximum absolute atomic E-state index is 11.5. The SMILES string of the molecule is C[C@@H](NC(=O)c1cccc(Br)n1)C(=O)O. The van der Waals surface area contributed by atoms with Gasteiger partial charge in [0.15, 0.2) is 0 Å². The van der Waals surface area contributed by atoms with Crippen LogP contribution in [0, 0.1) is 0 Å². The first-order chi connectivity index (χ1) is 7.00. The van der Waals surface area contributed by atoms with Gasteiger partial charge in [-0.25, -0.2) is 4.98 Å². The van der Waals surface area contributed by atoms with E-state index in [1.807, 2.05) is 0 Å². The van der Waals surface area contributed by atoms with E-state index in [0.717, 1.165) is 0 Å². The average Bonchev–Trinajstić information content (AvgIpc) is 2.17. The highest BCUT2D eigenvalue weighted by Crippen LogP contribution is 2.06. The highest BCUT2D eigenvalue weighted by Gasteiger charge is 2.15. The normalized spacial score (nSPS) is 11.9. The summed E-state index contributed by atoms with van der Waals surface area (Å²) in [6.07, 6.45) is 0. The van der Waals surface area contributed by atoms with Gasteiger partial charge in [0.2, 0.25) is 0 Å². The van der Waals surface area contributed by atoms with E-state index in [0.29, 0.717) is 4.60 Å². The van der Waals surface area contributed by atoms with Crippen LogP contribution in [0.4, 0.5) is 0 Å². The van der Waals surface area contributed by atoms with Crippen LogP contribution in [0.3, 0.4) is 0 Å². The predicted octanol–water partition coefficient (Wildman–Crippen LogP) is 1.05. The number of carboxylic acids is 1. The first-order valence-electron chi connectivity index (χ1n) is 4.17. The largest absolute Gasteiger partial charge is 0.480 e. The average molecular weight is 273 g/mol. The van der Waals surface area contributed by atoms with E-state index in [4.69, 9.17) is 5.11 Å². The molecule has 0 aromatic carbocycles. The number of nitrogens with zero attached hydrogens (tertiary/aromatic N) is 1. The summed E-state index contributed by atoms with van der Waals surface area (Å²) in [5, 5.41) is 10.9. The number of carbonyl (C=O) groups excluding carboxylic acids is 1. The number of pyridine rings is 1. The van der Waals surface area contributed by atoms with Crippen molar-refractivity contribution >= 4 is 27.8 Å². The topological polar surface area (TPSA) is 79.3 Å². The van der Waals surface area contributed by atoms with Crippen molar-refractivity contribution < 1.29 is 14.7 Å². The molecule has 80 valence electrons. The zero-order valence-electron chi connectivity index (χ0n) is 7.90. The molecule has 5 nitrogen and oxygen atoms in total. The Kier molecular flexibility index (Phi) is 3.79. The summed E-state index contributed by atoms with van der Waals surface area (Å²) >= 11 is 3.12. The lowest BCUT2D eigenvalue weighted by molar-refractivity contribution is -0.138. The van der Waals surface area contributed by atoms with Crippen LogP contribution in [0.1, 0.15) is 17.4 Å². The highest BCUT2D eigenvalue weighted by molar-refractivity contribution is 9.10. The van der Waals surface area contributed by atoms with Crippen LogP contribution < -0.4 is 5.32 Å². The number of nitrogens with one attached hydrogen (secondary N) is 1. The molecule has 1 atom stereocenters. The molecule has 0 bridgehead atoms. The van der Waals surface area contributed by atoms with Gasteiger partial charge >= 0.3 is 5.97 Å². The fourth-order valence-electron chi connectivity index (χ4n) is 0.867. The van der Waals surface area contributed by atoms with Crippen LogP contribution in [0.5, 0.6) is 0 Å². The third kappa shape index (κ3) is 3.32. The van der Waals surface area contributed by atoms with Gasteiger partial charge in [0, 0.05) is 0 Å². The van der Waals surface area contributed by atoms with Crippen molar-refractivity contribution in [2.75, 3.05) is 0 Å². The lowest BCUT2D eigenvalue weighted by Crippen LogP contribution is -2.38. The Morgan fingerprint density at radius 1 is 1.53 bits per heavy atom. The number of aliphatic carboxylic acids is 1. The Balaban J connectivity index is 2.73. The van der Waals surface area contributed by atoms with Gasteiger partial charge < -0.3 is 10.4 Å². The Bertz CT molecular complexity index is 395. The van der Waals surface area contributed by atoms with Crippen LogP contribution in [0.15, 0.2) is 22.8 Å². The maximum Gasteiger partial charge on any atom is 0.325 e. The van der Waals surface area contributed by atoms with Gasteiger partial charge in [-0.05, 0) is 35.0 Å². The molecule has 6 heteroatoms. The number of hydrogen-bond donors (Lipinski definition) is 2. The Hall–Kier alpha value is -1.43. The van der Waals surface area contributed by atoms with Crippen LogP contribution in [-0.2, 0) is 4.79 Å². The fraction of sp³-hybridized carbons (Fsp3) is 0.222. The maximum atomic E-state index is 11.5. The van der Waals surface area contributed by atoms with E-state index < -0.39 is 17.9 Å². The first kappa shape index (κ1) is 11.6. The molecule has 1 aromatic rings. The van der Waals surface area contributed by atoms with Crippen molar-refractivity contribution in [3.05, 3.63) is 28.5 Å². The quantitative estimate of drug-likeness (QED) is 0.807. The van der Waals surface area contributed by atoms with Crippen molar-refractivity contribution in [3.8, 4) is 0 Å². The third-order valence-corrected chi connectivity index (χ3v) is 2.11. The van der Waals surface area contributed by atoms with Gasteiger partial charge in [0.05, 0.1) is 0 Å². The molecule has 0 unspecified atom stereocenters. The molecule has 1 heterocycles. The molecule has 0 saturated heterocycles. The molecule has 0 fully saturated rings. The molecule has 0 spiro atoms. The molecule has 0 radical (unpaired) electrons. The minimum atomic E-state index is -1.08. The Morgan fingerprint density at radius 2 is 2.20 bits per heavy atom. The molecule has 0 saturated carbocycles. The summed E-state index contributed by atoms with van der Waals surface area (Å²) in [5.74, 6) is -1.59. The highest BCUT2D eigenvalue weighted by atomic mass is 79.9. The van der Waals surface area contributed by atoms with E-state index >= 15 is 0 Å². The van der Waals surface area contributed by atoms with E-state index in [1.54, 1.807) is 12.1 Å². The van der Waals surface area contributed by atoms with Gasteiger partial charge in [0.25, 0.3) is 5.91 Å². The van der Waals surface area contributed by atoms with Gasteiger partial charge in [0.1, 0.15) is 16.3 Å². The van der Waals surface area contributed by atoms with Crippen LogP contribution in [0.2, 0.25) is 0 Å². The number of halogens is 1. The second-order valence-corrected chi connectivity index (χ2v) is 3.69. The van der Waals surface area contributed by atoms with Crippen LogP contribution >= 0.6 is 15.9 Å². The molecule has 15 heavy (non-hydrogen) atoms. The molecular formula is C9H9BrN2O3. The van der Waals surface area contributed by atoms with E-state index in [1.165, 1.54) is 13.0 Å². The van der Waals surface area contributed by atoms with Crippen molar-refractivity contribution in [1.29, 1.82) is 0 Å². The monoisotopic (exact) mass is 272 g/mol. The summed E-state index contributed by atoms with van der Waals surface area (Å²) in [7, 11) is 0. The minimum absolute atomic E-state index is 0.178. The summed E-state index contributed by atoms with van der Waals surface area (Å²) in [6.45, 7) is 1.39. The standard InChI is InChI=1S/C9H9BrN2O3/c1-5(9(14)15)11-8(13)6-3-2-4-7(10)12-6/h2-5H,1H3,(H,11,13)(H,14,15)/t5-/m1/s1. The smallest absolute Gasteiger partial charge is 0.325 e. The summed E-state index contributed by atoms with van der Waals surface area (Å²) in [5.41, 5.74) is 0.178. The number of amides is 1. The molecule has 1 aromatic heterocycles. The second-order valence-electron chi connectivity index (χ2n) is 2.88. The van der Waals surface area contributed by atoms with Gasteiger partial charge in [-0.3, -0.25) is 9.59 Å². The summed E-state index contributed by atoms with van der Waals surface area (Å²) in [6, 6.07) is 3.90. The Labute approximate surface area is 94.6 Å². The Morgan fingerprint density at radius 3 is 2.73 bits per heavy atom. The summed E-state index contributed by atoms with van der Waals surface area (Å²) < 4.78 is 0.526. The molecule has 2 N–H and O–H groups in total. The van der Waals surface area contributed by atoms with Crippen LogP contribution in [-0.4, -0.2) is 28.0 Å². The van der Waals surface area contributed by atoms with E-state index in [9.17, 15) is 9.59 Å². The molecule has 0 aliphatic rings. The van der Waals surface area contributed by atoms with Crippen molar-refractivity contribution in [1.82, 2.24) is 10.3 Å². The van der Waals surface area contributed by atoms with Gasteiger partial charge in [-0.2, -0.15) is 0 Å². The fourth-order valence-corrected chi connectivity index (χ4v) is 1.21. The lowest BCUT2D eigenvalue weighted by atomic mass is 10.3. The van der Waals surface area contributed by atoms with Gasteiger partial charge in [-0.1, -0.05) is 6.07 Å². The molecule has 1 amide bonds. The first-order valence-corrected chi connectivity index (χ1v) is 4.96. The zero-order valence-corrected chi connectivity index (χ0v) is 9.48. The minimum Gasteiger partial charge on any atom is -0.480 e. The van der Waals surface area contributed by atoms with Crippen LogP contribution in [0.25, 0.3) is 0 Å². The molecular weight excluding hydrogens is 264 g/mol.